The summed E-state index contributed by atoms with van der Waals surface area (Å²) < 4.78 is 3.06. The summed E-state index contributed by atoms with van der Waals surface area (Å²) in [7, 11) is 0. The Bertz CT molecular complexity index is 1270. The lowest BCUT2D eigenvalue weighted by Gasteiger charge is -2.39. The maximum absolute atomic E-state index is 12.7. The van der Waals surface area contributed by atoms with E-state index in [1.807, 2.05) is 35.8 Å². The van der Waals surface area contributed by atoms with E-state index in [1.165, 1.54) is 0 Å². The van der Waals surface area contributed by atoms with Crippen molar-refractivity contribution in [2.24, 2.45) is 0 Å². The number of hydrogen-bond acceptors (Lipinski definition) is 6. The molecule has 9 heteroatoms. The van der Waals surface area contributed by atoms with Gasteiger partial charge >= 0.3 is 0 Å². The highest BCUT2D eigenvalue weighted by Gasteiger charge is 2.34. The fraction of sp³-hybridized carbons (Fsp3) is 0.227. The zero-order valence-electron chi connectivity index (χ0n) is 16.9. The van der Waals surface area contributed by atoms with Gasteiger partial charge in [0.05, 0.1) is 12.4 Å². The Kier molecular flexibility index (Phi) is 5.11. The van der Waals surface area contributed by atoms with Gasteiger partial charge in [-0.15, -0.1) is 0 Å². The minimum absolute atomic E-state index is 0.0459. The van der Waals surface area contributed by atoms with Crippen LogP contribution in [-0.4, -0.2) is 48.4 Å². The molecule has 0 unspecified atom stereocenters. The molecule has 1 aliphatic rings. The number of benzene rings is 1. The third-order valence-corrected chi connectivity index (χ3v) is 5.85. The summed E-state index contributed by atoms with van der Waals surface area (Å²) in [5.74, 6) is 0.648. The van der Waals surface area contributed by atoms with Crippen LogP contribution in [0.3, 0.4) is 0 Å². The summed E-state index contributed by atoms with van der Waals surface area (Å²) in [5, 5.41) is 3.35. The van der Waals surface area contributed by atoms with Crippen LogP contribution in [0.5, 0.6) is 0 Å². The number of carbonyl (C=O) groups is 1. The van der Waals surface area contributed by atoms with Crippen LogP contribution in [0.1, 0.15) is 27.8 Å². The molecule has 156 valence electrons. The van der Waals surface area contributed by atoms with E-state index in [1.54, 1.807) is 23.6 Å². The van der Waals surface area contributed by atoms with Crippen LogP contribution in [0.4, 0.5) is 5.82 Å². The van der Waals surface area contributed by atoms with E-state index in [9.17, 15) is 4.79 Å². The number of nitrogens with one attached hydrogen (secondary N) is 1. The second-order valence-corrected chi connectivity index (χ2v) is 8.47. The summed E-state index contributed by atoms with van der Waals surface area (Å²) in [6.07, 6.45) is 3.32. The number of amides is 1. The van der Waals surface area contributed by atoms with E-state index in [2.05, 4.69) is 53.3 Å². The lowest BCUT2D eigenvalue weighted by molar-refractivity contribution is 0.0519. The molecule has 8 nitrogen and oxygen atoms in total. The Morgan fingerprint density at radius 1 is 1.16 bits per heavy atom. The summed E-state index contributed by atoms with van der Waals surface area (Å²) in [5.41, 5.74) is 3.94. The van der Waals surface area contributed by atoms with Gasteiger partial charge in [0.2, 0.25) is 0 Å². The number of aryl methyl sites for hydroxylation is 1. The average Bonchev–Trinajstić information content (AvgIpc) is 3.15. The number of hydrogen-bond donors (Lipinski definition) is 1. The zero-order chi connectivity index (χ0) is 21.4. The quantitative estimate of drug-likeness (QED) is 0.472. The molecular weight excluding hydrogens is 458 g/mol. The van der Waals surface area contributed by atoms with Gasteiger partial charge < -0.3 is 14.8 Å². The third kappa shape index (κ3) is 3.88. The number of likely N-dealkylation sites (tertiary alicyclic amines) is 1. The first-order valence-corrected chi connectivity index (χ1v) is 10.8. The Morgan fingerprint density at radius 2 is 2.00 bits per heavy atom. The van der Waals surface area contributed by atoms with Crippen molar-refractivity contribution < 1.29 is 4.79 Å². The molecule has 1 saturated heterocycles. The molecule has 0 aliphatic carbocycles. The van der Waals surface area contributed by atoms with Gasteiger partial charge in [-0.25, -0.2) is 19.9 Å². The molecular formula is C22H20BrN7O. The van der Waals surface area contributed by atoms with Crippen molar-refractivity contribution in [1.82, 2.24) is 29.4 Å². The van der Waals surface area contributed by atoms with Gasteiger partial charge in [-0.05, 0) is 36.8 Å². The average molecular weight is 478 g/mol. The van der Waals surface area contributed by atoms with E-state index in [4.69, 9.17) is 0 Å². The Hall–Kier alpha value is -3.33. The largest absolute Gasteiger partial charge is 0.364 e. The van der Waals surface area contributed by atoms with Crippen LogP contribution >= 0.6 is 15.9 Å². The second-order valence-electron chi connectivity index (χ2n) is 7.56. The molecule has 1 N–H and O–H groups in total. The number of halogens is 1. The maximum Gasteiger partial charge on any atom is 0.272 e. The monoisotopic (exact) mass is 477 g/mol. The molecule has 1 amide bonds. The molecule has 31 heavy (non-hydrogen) atoms. The summed E-state index contributed by atoms with van der Waals surface area (Å²) >= 11 is 3.49. The molecule has 0 atom stereocenters. The minimum Gasteiger partial charge on any atom is -0.364 e. The Balaban J connectivity index is 1.30. The summed E-state index contributed by atoms with van der Waals surface area (Å²) in [6, 6.07) is 13.7. The molecule has 0 bridgehead atoms. The number of pyridine rings is 1. The van der Waals surface area contributed by atoms with Crippen molar-refractivity contribution in [3.8, 4) is 0 Å². The van der Waals surface area contributed by atoms with Crippen molar-refractivity contribution in [2.75, 3.05) is 18.4 Å². The first kappa shape index (κ1) is 19.6. The fourth-order valence-corrected chi connectivity index (χ4v) is 4.15. The van der Waals surface area contributed by atoms with Gasteiger partial charge in [-0.1, -0.05) is 34.1 Å². The van der Waals surface area contributed by atoms with Gasteiger partial charge in [0.25, 0.3) is 5.91 Å². The molecule has 0 saturated carbocycles. The highest BCUT2D eigenvalue weighted by Crippen LogP contribution is 2.28. The molecule has 1 aromatic carbocycles. The summed E-state index contributed by atoms with van der Waals surface area (Å²) in [4.78, 5) is 32.1. The first-order chi connectivity index (χ1) is 15.1. The smallest absolute Gasteiger partial charge is 0.272 e. The molecule has 0 radical (unpaired) electrons. The van der Waals surface area contributed by atoms with Crippen LogP contribution in [0.2, 0.25) is 0 Å². The first-order valence-electron chi connectivity index (χ1n) is 9.97. The second kappa shape index (κ2) is 8.07. The number of nitrogens with zero attached hydrogens (tertiary/aromatic N) is 6. The molecule has 4 aromatic rings. The van der Waals surface area contributed by atoms with Gasteiger partial charge in [-0.3, -0.25) is 4.79 Å². The highest BCUT2D eigenvalue weighted by atomic mass is 79.9. The Morgan fingerprint density at radius 3 is 2.81 bits per heavy atom. The molecule has 3 aromatic heterocycles. The van der Waals surface area contributed by atoms with Crippen molar-refractivity contribution in [3.05, 3.63) is 76.5 Å². The molecule has 5 rings (SSSR count). The van der Waals surface area contributed by atoms with Crippen LogP contribution in [0, 0.1) is 6.92 Å². The number of aromatic nitrogens is 5. The number of carbonyl (C=O) groups excluding carboxylic acids is 1. The molecule has 1 aliphatic heterocycles. The van der Waals surface area contributed by atoms with Gasteiger partial charge in [-0.2, -0.15) is 0 Å². The van der Waals surface area contributed by atoms with Gasteiger partial charge in [0.15, 0.2) is 11.5 Å². The normalized spacial score (nSPS) is 13.9. The van der Waals surface area contributed by atoms with Crippen molar-refractivity contribution in [3.63, 3.8) is 0 Å². The lowest BCUT2D eigenvalue weighted by atomic mass is 10.1. The van der Waals surface area contributed by atoms with E-state index >= 15 is 0 Å². The standard InChI is InChI=1S/C22H20BrN7O/c1-14-4-2-7-18(28-14)22(31)29-10-17(11-29)30-13-27-19-20(25-12-26-21(19)30)24-9-15-5-3-6-16(23)8-15/h2-8,12-13,17H,9-11H2,1H3,(H,24,25,26). The van der Waals surface area contributed by atoms with Crippen LogP contribution < -0.4 is 5.32 Å². The highest BCUT2D eigenvalue weighted by molar-refractivity contribution is 9.10. The van der Waals surface area contributed by atoms with E-state index in [0.29, 0.717) is 31.1 Å². The minimum atomic E-state index is -0.0459. The summed E-state index contributed by atoms with van der Waals surface area (Å²) in [6.45, 7) is 3.72. The number of imidazole rings is 1. The predicted octanol–water partition coefficient (Wildman–Crippen LogP) is 3.60. The van der Waals surface area contributed by atoms with E-state index < -0.39 is 0 Å². The molecule has 0 spiro atoms. The van der Waals surface area contributed by atoms with Crippen molar-refractivity contribution >= 4 is 38.8 Å². The van der Waals surface area contributed by atoms with Crippen molar-refractivity contribution in [2.45, 2.75) is 19.5 Å². The van der Waals surface area contributed by atoms with Crippen LogP contribution in [-0.2, 0) is 6.54 Å². The van der Waals surface area contributed by atoms with Crippen molar-refractivity contribution in [1.29, 1.82) is 0 Å². The van der Waals surface area contributed by atoms with E-state index in [-0.39, 0.29) is 11.9 Å². The predicted molar refractivity (Wildman–Crippen MR) is 121 cm³/mol. The van der Waals surface area contributed by atoms with Gasteiger partial charge in [0, 0.05) is 29.8 Å². The number of fused-ring (bicyclic) bond motifs is 1. The van der Waals surface area contributed by atoms with Crippen LogP contribution in [0.25, 0.3) is 11.2 Å². The van der Waals surface area contributed by atoms with Crippen LogP contribution in [0.15, 0.2) is 59.6 Å². The lowest BCUT2D eigenvalue weighted by Crippen LogP contribution is -2.50. The van der Waals surface area contributed by atoms with E-state index in [0.717, 1.165) is 26.9 Å². The SMILES string of the molecule is Cc1cccc(C(=O)N2CC(n3cnc4c(NCc5cccc(Br)c5)ncnc43)C2)n1. The molecule has 1 fully saturated rings. The maximum atomic E-state index is 12.7. The number of anilines is 1. The third-order valence-electron chi connectivity index (χ3n) is 5.36. The van der Waals surface area contributed by atoms with Gasteiger partial charge in [0.1, 0.15) is 17.5 Å². The fourth-order valence-electron chi connectivity index (χ4n) is 3.70. The topological polar surface area (TPSA) is 88.8 Å². The Labute approximate surface area is 187 Å². The zero-order valence-corrected chi connectivity index (χ0v) is 18.5. The number of rotatable bonds is 5. The molecule has 4 heterocycles.